The normalized spacial score (nSPS) is 14.7. The van der Waals surface area contributed by atoms with Crippen molar-refractivity contribution in [3.05, 3.63) is 0 Å². The summed E-state index contributed by atoms with van der Waals surface area (Å²) in [5.74, 6) is 0. The fourth-order valence-electron chi connectivity index (χ4n) is 1.28. The predicted molar refractivity (Wildman–Crippen MR) is 78.4 cm³/mol. The molecule has 0 rings (SSSR count). The van der Waals surface area contributed by atoms with Gasteiger partial charge in [0.25, 0.3) is 0 Å². The predicted octanol–water partition coefficient (Wildman–Crippen LogP) is 1.52. The van der Waals surface area contributed by atoms with E-state index in [0.717, 1.165) is 26.0 Å². The monoisotopic (exact) mass is 279 g/mol. The van der Waals surface area contributed by atoms with E-state index in [4.69, 9.17) is 9.47 Å². The van der Waals surface area contributed by atoms with Crippen molar-refractivity contribution in [2.24, 2.45) is 0 Å². The maximum Gasteiger partial charge on any atom is 0.0897 e. The highest BCUT2D eigenvalue weighted by atomic mass is 32.2. The van der Waals surface area contributed by atoms with Crippen LogP contribution in [0.4, 0.5) is 0 Å². The highest BCUT2D eigenvalue weighted by molar-refractivity contribution is 7.99. The van der Waals surface area contributed by atoms with Crippen LogP contribution in [0.15, 0.2) is 0 Å². The van der Waals surface area contributed by atoms with Gasteiger partial charge in [0.05, 0.1) is 25.9 Å². The van der Waals surface area contributed by atoms with Crippen LogP contribution < -0.4 is 5.32 Å². The molecule has 0 aliphatic carbocycles. The summed E-state index contributed by atoms with van der Waals surface area (Å²) in [6.45, 7) is 8.15. The highest BCUT2D eigenvalue weighted by Gasteiger charge is 2.05. The molecule has 0 aliphatic rings. The van der Waals surface area contributed by atoms with E-state index in [1.165, 1.54) is 0 Å². The first-order valence-electron chi connectivity index (χ1n) is 6.77. The molecule has 5 heteroatoms. The van der Waals surface area contributed by atoms with Gasteiger partial charge in [-0.2, -0.15) is 11.8 Å². The van der Waals surface area contributed by atoms with Gasteiger partial charge >= 0.3 is 0 Å². The van der Waals surface area contributed by atoms with E-state index >= 15 is 0 Å². The Labute approximate surface area is 116 Å². The second-order valence-corrected chi connectivity index (χ2v) is 5.68. The molecule has 0 amide bonds. The molecular formula is C13H29NO3S. The maximum absolute atomic E-state index is 9.64. The minimum atomic E-state index is -0.435. The molecule has 0 aromatic heterocycles. The van der Waals surface area contributed by atoms with Gasteiger partial charge in [-0.25, -0.2) is 0 Å². The van der Waals surface area contributed by atoms with Gasteiger partial charge in [-0.3, -0.25) is 0 Å². The van der Waals surface area contributed by atoms with Gasteiger partial charge in [-0.15, -0.1) is 0 Å². The Balaban J connectivity index is 3.19. The van der Waals surface area contributed by atoms with Gasteiger partial charge in [0.1, 0.15) is 0 Å². The molecule has 0 saturated heterocycles. The fourth-order valence-corrected chi connectivity index (χ4v) is 1.57. The largest absolute Gasteiger partial charge is 0.389 e. The minimum Gasteiger partial charge on any atom is -0.389 e. The van der Waals surface area contributed by atoms with E-state index in [0.29, 0.717) is 31.6 Å². The summed E-state index contributed by atoms with van der Waals surface area (Å²) in [5, 5.41) is 13.4. The molecule has 0 bridgehead atoms. The molecule has 0 aromatic carbocycles. The number of hydrogen-bond donors (Lipinski definition) is 2. The van der Waals surface area contributed by atoms with Crippen LogP contribution in [-0.2, 0) is 9.47 Å². The molecule has 0 aromatic rings. The average Bonchev–Trinajstić information content (AvgIpc) is 2.37. The topological polar surface area (TPSA) is 50.7 Å². The van der Waals surface area contributed by atoms with Crippen molar-refractivity contribution in [1.29, 1.82) is 0 Å². The zero-order valence-corrected chi connectivity index (χ0v) is 12.8. The first-order valence-corrected chi connectivity index (χ1v) is 8.06. The lowest BCUT2D eigenvalue weighted by Crippen LogP contribution is -2.33. The van der Waals surface area contributed by atoms with E-state index in [1.807, 2.05) is 11.8 Å². The van der Waals surface area contributed by atoms with Gasteiger partial charge in [0.15, 0.2) is 0 Å². The standard InChI is InChI=1S/C13H29NO3S/c1-4-5-6-16-7-8-17-11-13(15)10-14-9-12(2)18-3/h12-15H,4-11H2,1-3H3. The van der Waals surface area contributed by atoms with Crippen molar-refractivity contribution in [1.82, 2.24) is 5.32 Å². The Kier molecular flexibility index (Phi) is 13.8. The van der Waals surface area contributed by atoms with E-state index in [1.54, 1.807) is 0 Å². The molecule has 2 N–H and O–H groups in total. The van der Waals surface area contributed by atoms with E-state index < -0.39 is 6.10 Å². The second-order valence-electron chi connectivity index (χ2n) is 4.40. The van der Waals surface area contributed by atoms with Crippen LogP contribution in [0.3, 0.4) is 0 Å². The molecule has 4 nitrogen and oxygen atoms in total. The number of unbranched alkanes of at least 4 members (excludes halogenated alkanes) is 1. The second kappa shape index (κ2) is 13.6. The van der Waals surface area contributed by atoms with Gasteiger partial charge in [-0.1, -0.05) is 20.3 Å². The first kappa shape index (κ1) is 18.2. The van der Waals surface area contributed by atoms with E-state index in [9.17, 15) is 5.11 Å². The average molecular weight is 279 g/mol. The molecule has 0 spiro atoms. The SMILES string of the molecule is CCCCOCCOCC(O)CNCC(C)SC. The van der Waals surface area contributed by atoms with Crippen LogP contribution in [0, 0.1) is 0 Å². The summed E-state index contributed by atoms with van der Waals surface area (Å²) >= 11 is 1.82. The number of rotatable bonds is 13. The lowest BCUT2D eigenvalue weighted by atomic mass is 10.3. The molecule has 2 unspecified atom stereocenters. The molecule has 110 valence electrons. The van der Waals surface area contributed by atoms with Crippen molar-refractivity contribution in [2.75, 3.05) is 45.8 Å². The number of aliphatic hydroxyl groups excluding tert-OH is 1. The molecule has 0 saturated carbocycles. The molecular weight excluding hydrogens is 250 g/mol. The number of hydrogen-bond acceptors (Lipinski definition) is 5. The van der Waals surface area contributed by atoms with Gasteiger partial charge < -0.3 is 19.9 Å². The van der Waals surface area contributed by atoms with Crippen LogP contribution in [0.25, 0.3) is 0 Å². The number of nitrogens with one attached hydrogen (secondary N) is 1. The Morgan fingerprint density at radius 3 is 2.56 bits per heavy atom. The van der Waals surface area contributed by atoms with E-state index in [-0.39, 0.29) is 0 Å². The fraction of sp³-hybridized carbons (Fsp3) is 1.00. The van der Waals surface area contributed by atoms with E-state index in [2.05, 4.69) is 25.4 Å². The lowest BCUT2D eigenvalue weighted by molar-refractivity contribution is 0.00402. The Morgan fingerprint density at radius 2 is 1.89 bits per heavy atom. The number of aliphatic hydroxyl groups is 1. The zero-order chi connectivity index (χ0) is 13.6. The summed E-state index contributed by atoms with van der Waals surface area (Å²) in [5.41, 5.74) is 0. The summed E-state index contributed by atoms with van der Waals surface area (Å²) in [4.78, 5) is 0. The van der Waals surface area contributed by atoms with Crippen LogP contribution in [0.2, 0.25) is 0 Å². The van der Waals surface area contributed by atoms with Crippen molar-refractivity contribution in [2.45, 2.75) is 38.0 Å². The molecule has 2 atom stereocenters. The highest BCUT2D eigenvalue weighted by Crippen LogP contribution is 2.02. The molecule has 0 aliphatic heterocycles. The van der Waals surface area contributed by atoms with Crippen LogP contribution in [-0.4, -0.2) is 62.2 Å². The molecule has 0 radical (unpaired) electrons. The smallest absolute Gasteiger partial charge is 0.0897 e. The summed E-state index contributed by atoms with van der Waals surface area (Å²) in [6.07, 6.45) is 3.90. The molecule has 0 heterocycles. The van der Waals surface area contributed by atoms with Crippen LogP contribution in [0.1, 0.15) is 26.7 Å². The number of thioether (sulfide) groups is 1. The Hall–Kier alpha value is 0.190. The third-order valence-electron chi connectivity index (χ3n) is 2.54. The van der Waals surface area contributed by atoms with Crippen LogP contribution in [0.5, 0.6) is 0 Å². The van der Waals surface area contributed by atoms with Crippen molar-refractivity contribution in [3.8, 4) is 0 Å². The Bertz CT molecular complexity index is 172. The van der Waals surface area contributed by atoms with Gasteiger partial charge in [0, 0.05) is 24.9 Å². The van der Waals surface area contributed by atoms with Crippen molar-refractivity contribution >= 4 is 11.8 Å². The third-order valence-corrected chi connectivity index (χ3v) is 3.51. The van der Waals surface area contributed by atoms with Crippen LogP contribution >= 0.6 is 11.8 Å². The van der Waals surface area contributed by atoms with Gasteiger partial charge in [-0.05, 0) is 12.7 Å². The quantitative estimate of drug-likeness (QED) is 0.501. The van der Waals surface area contributed by atoms with Crippen molar-refractivity contribution < 1.29 is 14.6 Å². The summed E-state index contributed by atoms with van der Waals surface area (Å²) in [6, 6.07) is 0. The van der Waals surface area contributed by atoms with Crippen molar-refractivity contribution in [3.63, 3.8) is 0 Å². The van der Waals surface area contributed by atoms with Gasteiger partial charge in [0.2, 0.25) is 0 Å². The number of ether oxygens (including phenoxy) is 2. The summed E-state index contributed by atoms with van der Waals surface area (Å²) in [7, 11) is 0. The maximum atomic E-state index is 9.64. The minimum absolute atomic E-state index is 0.373. The first-order chi connectivity index (χ1) is 8.70. The molecule has 18 heavy (non-hydrogen) atoms. The summed E-state index contributed by atoms with van der Waals surface area (Å²) < 4.78 is 10.7. The molecule has 0 fully saturated rings. The third kappa shape index (κ3) is 12.6. The lowest BCUT2D eigenvalue weighted by Gasteiger charge is -2.14. The Morgan fingerprint density at radius 1 is 1.17 bits per heavy atom. The zero-order valence-electron chi connectivity index (χ0n) is 12.0.